The fourth-order valence-electron chi connectivity index (χ4n) is 4.59. The van der Waals surface area contributed by atoms with Crippen LogP contribution < -0.4 is 4.74 Å². The van der Waals surface area contributed by atoms with Crippen LogP contribution in [-0.2, 0) is 20.6 Å². The molecule has 0 heterocycles. The molecule has 0 spiro atoms. The highest BCUT2D eigenvalue weighted by atomic mass is 28.4. The Balaban J connectivity index is 2.43. The minimum absolute atomic E-state index is 0.0117. The van der Waals surface area contributed by atoms with E-state index >= 15 is 0 Å². The van der Waals surface area contributed by atoms with Gasteiger partial charge in [0.2, 0.25) is 0 Å². The lowest BCUT2D eigenvalue weighted by Crippen LogP contribution is -2.40. The lowest BCUT2D eigenvalue weighted by atomic mass is 9.83. The quantitative estimate of drug-likeness (QED) is 0.0803. The topological polar surface area (TPSA) is 82.1 Å². The van der Waals surface area contributed by atoms with Crippen LogP contribution in [0, 0.1) is 5.92 Å². The van der Waals surface area contributed by atoms with Gasteiger partial charge in [0.15, 0.2) is 20.2 Å². The second-order valence-corrected chi connectivity index (χ2v) is 17.4. The van der Waals surface area contributed by atoms with Gasteiger partial charge in [0.25, 0.3) is 0 Å². The molecule has 0 amide bonds. The van der Waals surface area contributed by atoms with E-state index in [-0.39, 0.29) is 17.4 Å². The molecule has 0 bridgehead atoms. The number of esters is 1. The van der Waals surface area contributed by atoms with Crippen LogP contribution >= 0.6 is 0 Å². The standard InChI is InChI=1S/C35H52O6Si/c1-9-11-12-13-17-22-29(32(36)26(3)41-34(38)27-19-15-14-16-20-27)33(37)31-28(21-18-23-30(31)39-24-10-2)25-40-42(7,8)35(4,5)6/h10,14-16,18-21,23,26,29,33,37H,2,9,11-13,17,22,24-25H2,1,3-8H3/t26-,29-,33-/m0/s1. The van der Waals surface area contributed by atoms with Crippen LogP contribution in [-0.4, -0.2) is 37.9 Å². The van der Waals surface area contributed by atoms with Gasteiger partial charge in [0, 0.05) is 5.56 Å². The molecular formula is C35H52O6Si. The van der Waals surface area contributed by atoms with E-state index in [9.17, 15) is 14.7 Å². The molecule has 0 aromatic heterocycles. The zero-order valence-corrected chi connectivity index (χ0v) is 27.8. The van der Waals surface area contributed by atoms with E-state index in [4.69, 9.17) is 13.9 Å². The summed E-state index contributed by atoms with van der Waals surface area (Å²) in [4.78, 5) is 26.7. The summed E-state index contributed by atoms with van der Waals surface area (Å²) < 4.78 is 18.1. The predicted octanol–water partition coefficient (Wildman–Crippen LogP) is 8.60. The number of unbranched alkanes of at least 4 members (excludes halogenated alkanes) is 4. The van der Waals surface area contributed by atoms with Crippen molar-refractivity contribution < 1.29 is 28.6 Å². The lowest BCUT2D eigenvalue weighted by Gasteiger charge is -2.36. The van der Waals surface area contributed by atoms with Crippen molar-refractivity contribution in [1.29, 1.82) is 0 Å². The summed E-state index contributed by atoms with van der Waals surface area (Å²) in [6.07, 6.45) is 4.96. The summed E-state index contributed by atoms with van der Waals surface area (Å²) >= 11 is 0. The van der Waals surface area contributed by atoms with E-state index in [0.29, 0.717) is 29.9 Å². The number of benzene rings is 2. The van der Waals surface area contributed by atoms with Gasteiger partial charge in [0.1, 0.15) is 12.4 Å². The highest BCUT2D eigenvalue weighted by Crippen LogP contribution is 2.40. The van der Waals surface area contributed by atoms with Crippen molar-refractivity contribution >= 4 is 20.1 Å². The van der Waals surface area contributed by atoms with Crippen LogP contribution in [0.3, 0.4) is 0 Å². The zero-order chi connectivity index (χ0) is 31.3. The number of carbonyl (C=O) groups is 2. The van der Waals surface area contributed by atoms with Gasteiger partial charge in [-0.2, -0.15) is 0 Å². The average molecular weight is 597 g/mol. The third-order valence-corrected chi connectivity index (χ3v) is 12.7. The van der Waals surface area contributed by atoms with Gasteiger partial charge in [-0.25, -0.2) is 4.79 Å². The Labute approximate surface area is 254 Å². The summed E-state index contributed by atoms with van der Waals surface area (Å²) in [5, 5.41) is 12.0. The minimum atomic E-state index is -2.10. The second kappa shape index (κ2) is 16.8. The van der Waals surface area contributed by atoms with Crippen molar-refractivity contribution in [3.63, 3.8) is 0 Å². The number of ether oxygens (including phenoxy) is 2. The number of ketones is 1. The van der Waals surface area contributed by atoms with Crippen LogP contribution in [0.15, 0.2) is 61.2 Å². The first-order valence-corrected chi connectivity index (χ1v) is 18.2. The lowest BCUT2D eigenvalue weighted by molar-refractivity contribution is -0.135. The molecule has 6 nitrogen and oxygen atoms in total. The largest absolute Gasteiger partial charge is 0.489 e. The van der Waals surface area contributed by atoms with Gasteiger partial charge in [-0.1, -0.05) is 103 Å². The summed E-state index contributed by atoms with van der Waals surface area (Å²) in [6, 6.07) is 14.2. The maximum absolute atomic E-state index is 13.9. The molecular weight excluding hydrogens is 544 g/mol. The molecule has 0 fully saturated rings. The Morgan fingerprint density at radius 2 is 1.67 bits per heavy atom. The summed E-state index contributed by atoms with van der Waals surface area (Å²) in [5.74, 6) is -1.16. The molecule has 42 heavy (non-hydrogen) atoms. The van der Waals surface area contributed by atoms with E-state index in [1.54, 1.807) is 43.3 Å². The van der Waals surface area contributed by atoms with Gasteiger partial charge in [-0.3, -0.25) is 4.79 Å². The number of aliphatic hydroxyl groups excluding tert-OH is 1. The summed E-state index contributed by atoms with van der Waals surface area (Å²) in [6.45, 7) is 19.0. The summed E-state index contributed by atoms with van der Waals surface area (Å²) in [7, 11) is -2.10. The van der Waals surface area contributed by atoms with E-state index in [1.807, 2.05) is 18.2 Å². The molecule has 2 aromatic carbocycles. The Morgan fingerprint density at radius 1 is 1.00 bits per heavy atom. The molecule has 2 rings (SSSR count). The van der Waals surface area contributed by atoms with Crippen LogP contribution in [0.4, 0.5) is 0 Å². The first-order chi connectivity index (χ1) is 19.8. The molecule has 1 N–H and O–H groups in total. The second-order valence-electron chi connectivity index (χ2n) is 12.5. The normalized spacial score (nSPS) is 14.1. The van der Waals surface area contributed by atoms with Gasteiger partial charge in [0.05, 0.1) is 24.2 Å². The van der Waals surface area contributed by atoms with E-state index in [0.717, 1.165) is 37.7 Å². The Hall–Kier alpha value is -2.74. The molecule has 0 radical (unpaired) electrons. The molecule has 232 valence electrons. The zero-order valence-electron chi connectivity index (χ0n) is 26.8. The minimum Gasteiger partial charge on any atom is -0.489 e. The molecule has 0 unspecified atom stereocenters. The first-order valence-electron chi connectivity index (χ1n) is 15.3. The van der Waals surface area contributed by atoms with Crippen molar-refractivity contribution in [1.82, 2.24) is 0 Å². The number of hydrogen-bond acceptors (Lipinski definition) is 6. The van der Waals surface area contributed by atoms with Crippen LogP contribution in [0.25, 0.3) is 0 Å². The fraction of sp³-hybridized carbons (Fsp3) is 0.543. The van der Waals surface area contributed by atoms with E-state index in [1.165, 1.54) is 0 Å². The number of Topliss-reactive ketones (excluding diaryl/α,β-unsaturated/α-hetero) is 1. The smallest absolute Gasteiger partial charge is 0.338 e. The van der Waals surface area contributed by atoms with Crippen molar-refractivity contribution in [3.05, 3.63) is 77.9 Å². The maximum Gasteiger partial charge on any atom is 0.338 e. The van der Waals surface area contributed by atoms with Crippen molar-refractivity contribution in [2.75, 3.05) is 6.61 Å². The molecule has 2 aromatic rings. The number of hydrogen-bond donors (Lipinski definition) is 1. The van der Waals surface area contributed by atoms with Crippen molar-refractivity contribution in [3.8, 4) is 5.75 Å². The highest BCUT2D eigenvalue weighted by molar-refractivity contribution is 6.74. The third kappa shape index (κ3) is 10.2. The molecule has 3 atom stereocenters. The monoisotopic (exact) mass is 596 g/mol. The van der Waals surface area contributed by atoms with Crippen LogP contribution in [0.2, 0.25) is 18.1 Å². The summed E-state index contributed by atoms with van der Waals surface area (Å²) in [5.41, 5.74) is 1.71. The van der Waals surface area contributed by atoms with Crippen LogP contribution in [0.1, 0.15) is 101 Å². The molecule has 0 saturated carbocycles. The number of carbonyl (C=O) groups excluding carboxylic acids is 2. The van der Waals surface area contributed by atoms with Gasteiger partial charge < -0.3 is 19.0 Å². The molecule has 0 aliphatic carbocycles. The SMILES string of the molecule is C=CCOc1cccc(CO[Si](C)(C)C(C)(C)C)c1[C@@H](O)[C@@H](CCCCCCC)C(=O)[C@H](C)OC(=O)c1ccccc1. The predicted molar refractivity (Wildman–Crippen MR) is 172 cm³/mol. The van der Waals surface area contributed by atoms with Gasteiger partial charge >= 0.3 is 5.97 Å². The number of rotatable bonds is 18. The first kappa shape index (κ1) is 35.5. The Morgan fingerprint density at radius 3 is 2.29 bits per heavy atom. The van der Waals surface area contributed by atoms with Crippen molar-refractivity contribution in [2.24, 2.45) is 5.92 Å². The third-order valence-electron chi connectivity index (χ3n) is 8.26. The fourth-order valence-corrected chi connectivity index (χ4v) is 5.54. The molecule has 7 heteroatoms. The number of aliphatic hydroxyl groups is 1. The highest BCUT2D eigenvalue weighted by Gasteiger charge is 2.39. The molecule has 0 saturated heterocycles. The van der Waals surface area contributed by atoms with E-state index in [2.05, 4.69) is 47.4 Å². The molecule has 0 aliphatic heterocycles. The Kier molecular flexibility index (Phi) is 14.2. The maximum atomic E-state index is 13.9. The van der Waals surface area contributed by atoms with Crippen molar-refractivity contribution in [2.45, 2.75) is 110 Å². The van der Waals surface area contributed by atoms with Gasteiger partial charge in [-0.15, -0.1) is 0 Å². The average Bonchev–Trinajstić information content (AvgIpc) is 2.96. The van der Waals surface area contributed by atoms with E-state index < -0.39 is 32.4 Å². The van der Waals surface area contributed by atoms with Crippen LogP contribution in [0.5, 0.6) is 5.75 Å². The van der Waals surface area contributed by atoms with Gasteiger partial charge in [-0.05, 0) is 55.2 Å². The Bertz CT molecular complexity index is 1140. The molecule has 0 aliphatic rings.